The number of aliphatic hydroxyl groups is 1. The lowest BCUT2D eigenvalue weighted by molar-refractivity contribution is -0.118. The third kappa shape index (κ3) is 4.52. The number of hydrogen-bond acceptors (Lipinski definition) is 3. The second-order valence-electron chi connectivity index (χ2n) is 4.38. The normalized spacial score (nSPS) is 10.4. The molecular weight excluding hydrogens is 349 g/mol. The quantitative estimate of drug-likeness (QED) is 0.842. The van der Waals surface area contributed by atoms with E-state index >= 15 is 0 Å². The van der Waals surface area contributed by atoms with Gasteiger partial charge in [0.05, 0.1) is 16.7 Å². The molecule has 2 N–H and O–H groups in total. The lowest BCUT2D eigenvalue weighted by Gasteiger charge is -2.11. The van der Waals surface area contributed by atoms with Gasteiger partial charge in [-0.25, -0.2) is 0 Å². The lowest BCUT2D eigenvalue weighted by atomic mass is 10.2. The van der Waals surface area contributed by atoms with Crippen LogP contribution in [0.2, 0.25) is 15.1 Å². The van der Waals surface area contributed by atoms with Crippen LogP contribution in [-0.4, -0.2) is 17.6 Å². The molecule has 0 radical (unpaired) electrons. The summed E-state index contributed by atoms with van der Waals surface area (Å²) < 4.78 is 5.38. The van der Waals surface area contributed by atoms with Crippen LogP contribution in [0.15, 0.2) is 36.4 Å². The molecule has 0 unspecified atom stereocenters. The van der Waals surface area contributed by atoms with E-state index in [1.807, 2.05) is 0 Å². The molecule has 4 nitrogen and oxygen atoms in total. The van der Waals surface area contributed by atoms with Crippen LogP contribution < -0.4 is 10.1 Å². The highest BCUT2D eigenvalue weighted by molar-refractivity contribution is 6.42. The van der Waals surface area contributed by atoms with Crippen molar-refractivity contribution in [2.75, 3.05) is 11.9 Å². The first kappa shape index (κ1) is 16.9. The molecule has 0 aromatic heterocycles. The Kier molecular flexibility index (Phi) is 5.91. The van der Waals surface area contributed by atoms with Gasteiger partial charge in [-0.1, -0.05) is 34.8 Å². The molecule has 0 bridgehead atoms. The minimum atomic E-state index is -0.364. The largest absolute Gasteiger partial charge is 0.483 e. The Morgan fingerprint density at radius 1 is 1.09 bits per heavy atom. The molecule has 0 atom stereocenters. The van der Waals surface area contributed by atoms with Gasteiger partial charge >= 0.3 is 0 Å². The molecule has 0 heterocycles. The summed E-state index contributed by atoms with van der Waals surface area (Å²) in [7, 11) is 0. The number of halogens is 3. The minimum Gasteiger partial charge on any atom is -0.483 e. The molecule has 0 aliphatic heterocycles. The van der Waals surface area contributed by atoms with Gasteiger partial charge in [0.1, 0.15) is 5.75 Å². The summed E-state index contributed by atoms with van der Waals surface area (Å²) in [6.07, 6.45) is 0. The predicted molar refractivity (Wildman–Crippen MR) is 88.0 cm³/mol. The Morgan fingerprint density at radius 2 is 1.86 bits per heavy atom. The van der Waals surface area contributed by atoms with Gasteiger partial charge < -0.3 is 15.2 Å². The maximum absolute atomic E-state index is 11.8. The van der Waals surface area contributed by atoms with Crippen LogP contribution in [0, 0.1) is 0 Å². The molecule has 0 aliphatic rings. The minimum absolute atomic E-state index is 0.213. The van der Waals surface area contributed by atoms with Crippen molar-refractivity contribution in [2.24, 2.45) is 0 Å². The number of amides is 1. The topological polar surface area (TPSA) is 58.6 Å². The summed E-state index contributed by atoms with van der Waals surface area (Å²) in [6, 6.07) is 9.56. The zero-order chi connectivity index (χ0) is 16.1. The average Bonchev–Trinajstić information content (AvgIpc) is 2.49. The van der Waals surface area contributed by atoms with E-state index in [9.17, 15) is 9.90 Å². The molecule has 0 spiro atoms. The number of benzene rings is 2. The standard InChI is InChI=1S/C15H12Cl3NO3/c16-10-1-4-14(9(5-10)7-20)22-8-15(21)19-11-2-3-12(17)13(18)6-11/h1-6,20H,7-8H2,(H,19,21). The van der Waals surface area contributed by atoms with Crippen LogP contribution in [0.4, 0.5) is 5.69 Å². The Hall–Kier alpha value is -1.46. The third-order valence-corrected chi connectivity index (χ3v) is 3.73. The van der Waals surface area contributed by atoms with E-state index in [1.54, 1.807) is 36.4 Å². The average molecular weight is 361 g/mol. The molecule has 2 rings (SSSR count). The molecule has 1 amide bonds. The van der Waals surface area contributed by atoms with Gasteiger partial charge in [-0.15, -0.1) is 0 Å². The number of hydrogen-bond donors (Lipinski definition) is 2. The van der Waals surface area contributed by atoms with E-state index in [-0.39, 0.29) is 19.1 Å². The second-order valence-corrected chi connectivity index (χ2v) is 5.63. The highest BCUT2D eigenvalue weighted by Crippen LogP contribution is 2.25. The summed E-state index contributed by atoms with van der Waals surface area (Å²) >= 11 is 17.5. The zero-order valence-corrected chi connectivity index (χ0v) is 13.5. The monoisotopic (exact) mass is 359 g/mol. The molecular formula is C15H12Cl3NO3. The number of nitrogens with one attached hydrogen (secondary N) is 1. The van der Waals surface area contributed by atoms with Crippen molar-refractivity contribution in [3.8, 4) is 5.75 Å². The molecule has 0 saturated heterocycles. The Labute approximate surface area is 142 Å². The van der Waals surface area contributed by atoms with Crippen molar-refractivity contribution in [1.82, 2.24) is 0 Å². The van der Waals surface area contributed by atoms with E-state index in [4.69, 9.17) is 39.5 Å². The number of aliphatic hydroxyl groups excluding tert-OH is 1. The van der Waals surface area contributed by atoms with Gasteiger partial charge in [0.2, 0.25) is 0 Å². The maximum Gasteiger partial charge on any atom is 0.262 e. The molecule has 22 heavy (non-hydrogen) atoms. The van der Waals surface area contributed by atoms with Crippen LogP contribution >= 0.6 is 34.8 Å². The summed E-state index contributed by atoms with van der Waals surface area (Å²) in [5.74, 6) is 0.0356. The van der Waals surface area contributed by atoms with Gasteiger partial charge in [-0.2, -0.15) is 0 Å². The van der Waals surface area contributed by atoms with Crippen molar-refractivity contribution >= 4 is 46.4 Å². The van der Waals surface area contributed by atoms with E-state index < -0.39 is 0 Å². The fraction of sp³-hybridized carbons (Fsp3) is 0.133. The van der Waals surface area contributed by atoms with Crippen LogP contribution in [0.3, 0.4) is 0 Å². The molecule has 2 aromatic carbocycles. The Morgan fingerprint density at radius 3 is 2.55 bits per heavy atom. The Balaban J connectivity index is 1.96. The summed E-state index contributed by atoms with van der Waals surface area (Å²) in [5, 5.41) is 13.1. The number of rotatable bonds is 5. The van der Waals surface area contributed by atoms with Crippen molar-refractivity contribution in [1.29, 1.82) is 0 Å². The molecule has 2 aromatic rings. The van der Waals surface area contributed by atoms with Crippen LogP contribution in [0.25, 0.3) is 0 Å². The molecule has 7 heteroatoms. The van der Waals surface area contributed by atoms with Crippen LogP contribution in [-0.2, 0) is 11.4 Å². The predicted octanol–water partition coefficient (Wildman–Crippen LogP) is 4.16. The SMILES string of the molecule is O=C(COc1ccc(Cl)cc1CO)Nc1ccc(Cl)c(Cl)c1. The van der Waals surface area contributed by atoms with Gasteiger partial charge in [0.15, 0.2) is 6.61 Å². The number of carbonyl (C=O) groups excluding carboxylic acids is 1. The number of ether oxygens (including phenoxy) is 1. The maximum atomic E-state index is 11.8. The van der Waals surface area contributed by atoms with Crippen molar-refractivity contribution < 1.29 is 14.6 Å². The fourth-order valence-corrected chi connectivity index (χ4v) is 2.22. The highest BCUT2D eigenvalue weighted by atomic mass is 35.5. The van der Waals surface area contributed by atoms with E-state index in [1.165, 1.54) is 0 Å². The van der Waals surface area contributed by atoms with E-state index in [0.29, 0.717) is 32.1 Å². The first-order valence-corrected chi connectivity index (χ1v) is 7.40. The zero-order valence-electron chi connectivity index (χ0n) is 11.3. The van der Waals surface area contributed by atoms with Gasteiger partial charge in [0.25, 0.3) is 5.91 Å². The van der Waals surface area contributed by atoms with Gasteiger partial charge in [0, 0.05) is 16.3 Å². The van der Waals surface area contributed by atoms with Crippen molar-refractivity contribution in [3.63, 3.8) is 0 Å². The fourth-order valence-electron chi connectivity index (χ4n) is 1.73. The summed E-state index contributed by atoms with van der Waals surface area (Å²) in [5.41, 5.74) is 1.02. The second kappa shape index (κ2) is 7.70. The van der Waals surface area contributed by atoms with Crippen LogP contribution in [0.1, 0.15) is 5.56 Å². The molecule has 0 aliphatic carbocycles. The number of carbonyl (C=O) groups is 1. The van der Waals surface area contributed by atoms with E-state index in [2.05, 4.69) is 5.32 Å². The highest BCUT2D eigenvalue weighted by Gasteiger charge is 2.08. The third-order valence-electron chi connectivity index (χ3n) is 2.76. The molecule has 0 saturated carbocycles. The molecule has 116 valence electrons. The first-order valence-electron chi connectivity index (χ1n) is 6.26. The first-order chi connectivity index (χ1) is 10.5. The van der Waals surface area contributed by atoms with Crippen LogP contribution in [0.5, 0.6) is 5.75 Å². The number of anilines is 1. The van der Waals surface area contributed by atoms with E-state index in [0.717, 1.165) is 0 Å². The summed E-state index contributed by atoms with van der Waals surface area (Å²) in [6.45, 7) is -0.445. The molecule has 0 fully saturated rings. The van der Waals surface area contributed by atoms with Gasteiger partial charge in [-0.05, 0) is 36.4 Å². The summed E-state index contributed by atoms with van der Waals surface area (Å²) in [4.78, 5) is 11.8. The van der Waals surface area contributed by atoms with Crippen molar-refractivity contribution in [3.05, 3.63) is 57.0 Å². The smallest absolute Gasteiger partial charge is 0.262 e. The van der Waals surface area contributed by atoms with Crippen molar-refractivity contribution in [2.45, 2.75) is 6.61 Å². The lowest BCUT2D eigenvalue weighted by Crippen LogP contribution is -2.20. The van der Waals surface area contributed by atoms with Gasteiger partial charge in [-0.3, -0.25) is 4.79 Å². The Bertz CT molecular complexity index is 692.